The quantitative estimate of drug-likeness (QED) is 0.733. The Morgan fingerprint density at radius 2 is 1.62 bits per heavy atom. The second-order valence-electron chi connectivity index (χ2n) is 5.68. The highest BCUT2D eigenvalue weighted by atomic mass is 16.1. The van der Waals surface area contributed by atoms with Crippen molar-refractivity contribution in [2.45, 2.75) is 13.8 Å². The fraction of sp³-hybridized carbons (Fsp3) is 0.100. The topological polar surface area (TPSA) is 54.0 Å². The van der Waals surface area contributed by atoms with Crippen molar-refractivity contribution >= 4 is 23.1 Å². The summed E-state index contributed by atoms with van der Waals surface area (Å²) in [6, 6.07) is 19.0. The summed E-state index contributed by atoms with van der Waals surface area (Å²) >= 11 is 0. The van der Waals surface area contributed by atoms with Crippen LogP contribution in [-0.2, 0) is 0 Å². The van der Waals surface area contributed by atoms with Gasteiger partial charge in [-0.1, -0.05) is 24.3 Å². The lowest BCUT2D eigenvalue weighted by atomic mass is 10.1. The Balaban J connectivity index is 1.67. The lowest BCUT2D eigenvalue weighted by Gasteiger charge is -2.09. The van der Waals surface area contributed by atoms with Crippen LogP contribution in [-0.4, -0.2) is 10.9 Å². The number of carbonyl (C=O) groups excluding carboxylic acids is 1. The minimum atomic E-state index is -0.169. The van der Waals surface area contributed by atoms with E-state index in [-0.39, 0.29) is 5.91 Å². The Kier molecular flexibility index (Phi) is 4.57. The Morgan fingerprint density at radius 3 is 2.29 bits per heavy atom. The molecule has 0 radical (unpaired) electrons. The number of rotatable bonds is 4. The van der Waals surface area contributed by atoms with Crippen LogP contribution in [0.4, 0.5) is 17.2 Å². The van der Waals surface area contributed by atoms with E-state index < -0.39 is 0 Å². The molecule has 0 saturated carbocycles. The van der Waals surface area contributed by atoms with E-state index in [0.717, 1.165) is 11.4 Å². The van der Waals surface area contributed by atoms with E-state index in [0.29, 0.717) is 11.4 Å². The minimum Gasteiger partial charge on any atom is -0.354 e. The fourth-order valence-corrected chi connectivity index (χ4v) is 2.31. The highest BCUT2D eigenvalue weighted by molar-refractivity contribution is 6.03. The van der Waals surface area contributed by atoms with Crippen LogP contribution in [0, 0.1) is 13.8 Å². The summed E-state index contributed by atoms with van der Waals surface area (Å²) in [4.78, 5) is 16.4. The van der Waals surface area contributed by atoms with Crippen molar-refractivity contribution in [3.05, 3.63) is 83.6 Å². The molecule has 0 unspecified atom stereocenters. The number of anilines is 3. The van der Waals surface area contributed by atoms with Crippen molar-refractivity contribution in [1.29, 1.82) is 0 Å². The average Bonchev–Trinajstić information content (AvgIpc) is 2.61. The smallest absolute Gasteiger partial charge is 0.256 e. The molecule has 0 spiro atoms. The molecule has 3 aromatic rings. The van der Waals surface area contributed by atoms with Gasteiger partial charge in [-0.2, -0.15) is 0 Å². The number of aryl methyl sites for hydroxylation is 2. The van der Waals surface area contributed by atoms with Gasteiger partial charge in [-0.15, -0.1) is 0 Å². The number of hydrogen-bond acceptors (Lipinski definition) is 3. The zero-order chi connectivity index (χ0) is 16.9. The molecule has 0 fully saturated rings. The molecule has 0 atom stereocenters. The van der Waals surface area contributed by atoms with Crippen LogP contribution in [0.2, 0.25) is 0 Å². The summed E-state index contributed by atoms with van der Waals surface area (Å²) < 4.78 is 0. The van der Waals surface area contributed by atoms with Crippen LogP contribution in [0.5, 0.6) is 0 Å². The third-order valence-corrected chi connectivity index (χ3v) is 3.84. The van der Waals surface area contributed by atoms with E-state index in [9.17, 15) is 4.79 Å². The van der Waals surface area contributed by atoms with E-state index in [1.165, 1.54) is 11.1 Å². The van der Waals surface area contributed by atoms with Crippen LogP contribution >= 0.6 is 0 Å². The van der Waals surface area contributed by atoms with Gasteiger partial charge in [0.05, 0.1) is 11.9 Å². The van der Waals surface area contributed by atoms with Gasteiger partial charge in [0, 0.05) is 11.3 Å². The van der Waals surface area contributed by atoms with Gasteiger partial charge < -0.3 is 10.6 Å². The van der Waals surface area contributed by atoms with E-state index in [4.69, 9.17) is 0 Å². The summed E-state index contributed by atoms with van der Waals surface area (Å²) in [6.07, 6.45) is 1.70. The van der Waals surface area contributed by atoms with Gasteiger partial charge in [-0.3, -0.25) is 4.79 Å². The monoisotopic (exact) mass is 317 g/mol. The first-order valence-corrected chi connectivity index (χ1v) is 7.78. The molecule has 2 aromatic carbocycles. The Morgan fingerprint density at radius 1 is 0.875 bits per heavy atom. The lowest BCUT2D eigenvalue weighted by molar-refractivity contribution is 0.102. The highest BCUT2D eigenvalue weighted by Gasteiger charge is 2.06. The molecule has 1 amide bonds. The second kappa shape index (κ2) is 6.96. The van der Waals surface area contributed by atoms with E-state index in [1.54, 1.807) is 24.4 Å². The van der Waals surface area contributed by atoms with Crippen molar-refractivity contribution in [2.24, 2.45) is 0 Å². The number of hydrogen-bond donors (Lipinski definition) is 2. The van der Waals surface area contributed by atoms with Gasteiger partial charge in [-0.25, -0.2) is 4.98 Å². The largest absolute Gasteiger partial charge is 0.354 e. The molecule has 0 aliphatic rings. The van der Waals surface area contributed by atoms with Gasteiger partial charge in [0.15, 0.2) is 0 Å². The molecule has 1 heterocycles. The number of amides is 1. The van der Waals surface area contributed by atoms with E-state index >= 15 is 0 Å². The number of nitrogens with zero attached hydrogens (tertiary/aromatic N) is 1. The first-order valence-electron chi connectivity index (χ1n) is 7.78. The van der Waals surface area contributed by atoms with Crippen LogP contribution in [0.25, 0.3) is 0 Å². The molecule has 3 rings (SSSR count). The summed E-state index contributed by atoms with van der Waals surface area (Å²) in [5.41, 5.74) is 4.99. The maximum Gasteiger partial charge on any atom is 0.256 e. The maximum absolute atomic E-state index is 12.1. The van der Waals surface area contributed by atoms with Gasteiger partial charge in [0.2, 0.25) is 0 Å². The zero-order valence-electron chi connectivity index (χ0n) is 13.7. The molecule has 4 heteroatoms. The number of pyridine rings is 1. The zero-order valence-corrected chi connectivity index (χ0v) is 13.7. The third kappa shape index (κ3) is 3.79. The normalized spacial score (nSPS) is 10.2. The molecule has 2 N–H and O–H groups in total. The summed E-state index contributed by atoms with van der Waals surface area (Å²) in [5.74, 6) is 0.354. The van der Waals surface area contributed by atoms with Gasteiger partial charge in [0.25, 0.3) is 5.91 Å². The molecule has 0 aliphatic carbocycles. The maximum atomic E-state index is 12.1. The predicted molar refractivity (Wildman–Crippen MR) is 97.8 cm³/mol. The summed E-state index contributed by atoms with van der Waals surface area (Å²) in [6.45, 7) is 4.17. The standard InChI is InChI=1S/C20H19N3O/c1-14-8-9-17(12-15(14)2)22-18-10-11-19(21-13-18)23-20(24)16-6-4-3-5-7-16/h3-13,22H,1-2H3,(H,21,23,24). The Hall–Kier alpha value is -3.14. The molecule has 0 saturated heterocycles. The molecular weight excluding hydrogens is 298 g/mol. The predicted octanol–water partition coefficient (Wildman–Crippen LogP) is 4.69. The second-order valence-corrected chi connectivity index (χ2v) is 5.68. The Labute approximate surface area is 141 Å². The SMILES string of the molecule is Cc1ccc(Nc2ccc(NC(=O)c3ccccc3)nc2)cc1C. The summed E-state index contributed by atoms with van der Waals surface area (Å²) in [5, 5.41) is 6.10. The molecule has 24 heavy (non-hydrogen) atoms. The average molecular weight is 317 g/mol. The molecule has 0 bridgehead atoms. The van der Waals surface area contributed by atoms with Gasteiger partial charge in [-0.05, 0) is 61.4 Å². The van der Waals surface area contributed by atoms with Crippen molar-refractivity contribution in [3.63, 3.8) is 0 Å². The molecule has 4 nitrogen and oxygen atoms in total. The van der Waals surface area contributed by atoms with Gasteiger partial charge >= 0.3 is 0 Å². The molecule has 1 aromatic heterocycles. The minimum absolute atomic E-state index is 0.169. The Bertz CT molecular complexity index is 843. The molecule has 120 valence electrons. The van der Waals surface area contributed by atoms with Crippen molar-refractivity contribution in [2.75, 3.05) is 10.6 Å². The third-order valence-electron chi connectivity index (χ3n) is 3.84. The van der Waals surface area contributed by atoms with Crippen LogP contribution in [0.3, 0.4) is 0 Å². The van der Waals surface area contributed by atoms with Crippen molar-refractivity contribution < 1.29 is 4.79 Å². The first kappa shape index (κ1) is 15.7. The number of nitrogens with one attached hydrogen (secondary N) is 2. The van der Waals surface area contributed by atoms with Crippen molar-refractivity contribution in [3.8, 4) is 0 Å². The first-order chi connectivity index (χ1) is 11.6. The highest BCUT2D eigenvalue weighted by Crippen LogP contribution is 2.20. The van der Waals surface area contributed by atoms with Crippen LogP contribution < -0.4 is 10.6 Å². The van der Waals surface area contributed by atoms with Crippen LogP contribution in [0.15, 0.2) is 66.9 Å². The summed E-state index contributed by atoms with van der Waals surface area (Å²) in [7, 11) is 0. The number of aromatic nitrogens is 1. The van der Waals surface area contributed by atoms with Crippen LogP contribution in [0.1, 0.15) is 21.5 Å². The van der Waals surface area contributed by atoms with E-state index in [2.05, 4.69) is 41.6 Å². The number of benzene rings is 2. The molecule has 0 aliphatic heterocycles. The lowest BCUT2D eigenvalue weighted by Crippen LogP contribution is -2.12. The van der Waals surface area contributed by atoms with Crippen molar-refractivity contribution in [1.82, 2.24) is 4.98 Å². The number of carbonyl (C=O) groups is 1. The molecular formula is C20H19N3O. The van der Waals surface area contributed by atoms with E-state index in [1.807, 2.05) is 30.3 Å². The van der Waals surface area contributed by atoms with Gasteiger partial charge in [0.1, 0.15) is 5.82 Å². The fourth-order valence-electron chi connectivity index (χ4n) is 2.31.